The summed E-state index contributed by atoms with van der Waals surface area (Å²) in [7, 11) is 0. The minimum Gasteiger partial charge on any atom is -0.326 e. The van der Waals surface area contributed by atoms with Gasteiger partial charge in [0.2, 0.25) is 11.8 Å². The molecule has 2 amide bonds. The highest BCUT2D eigenvalue weighted by Crippen LogP contribution is 2.33. The smallest absolute Gasteiger partial charge is 0.228 e. The van der Waals surface area contributed by atoms with Gasteiger partial charge in [0.1, 0.15) is 0 Å². The van der Waals surface area contributed by atoms with E-state index in [0.29, 0.717) is 18.3 Å². The number of hydrogen-bond donors (Lipinski definition) is 2. The second-order valence-electron chi connectivity index (χ2n) is 7.92. The molecule has 2 N–H and O–H groups in total. The average molecular weight is 364 g/mol. The van der Waals surface area contributed by atoms with Crippen LogP contribution in [-0.4, -0.2) is 11.8 Å². The van der Waals surface area contributed by atoms with Gasteiger partial charge in [-0.2, -0.15) is 0 Å². The molecule has 1 heterocycles. The Morgan fingerprint density at radius 1 is 1.04 bits per heavy atom. The number of benzene rings is 2. The largest absolute Gasteiger partial charge is 0.326 e. The molecule has 1 aliphatic heterocycles. The molecule has 142 valence electrons. The van der Waals surface area contributed by atoms with Crippen LogP contribution in [0.3, 0.4) is 0 Å². The standard InChI is InChI=1S/C23H28N2O2/c1-14(2)18-9-7-10-19(15(3)4)22(18)25-21(26)13-17-12-16-8-5-6-11-20(16)24-23(17)27/h5-11,14-15,17H,12-13H2,1-4H3,(H,24,27)(H,25,26). The first-order valence-corrected chi connectivity index (χ1v) is 9.68. The van der Waals surface area contributed by atoms with E-state index in [1.165, 1.54) is 0 Å². The second-order valence-corrected chi connectivity index (χ2v) is 7.92. The molecular formula is C23H28N2O2. The highest BCUT2D eigenvalue weighted by molar-refractivity contribution is 6.00. The average Bonchev–Trinajstić information content (AvgIpc) is 2.62. The quantitative estimate of drug-likeness (QED) is 0.778. The molecule has 1 unspecified atom stereocenters. The van der Waals surface area contributed by atoms with Gasteiger partial charge < -0.3 is 10.6 Å². The van der Waals surface area contributed by atoms with Crippen LogP contribution >= 0.6 is 0 Å². The molecule has 1 atom stereocenters. The van der Waals surface area contributed by atoms with Gasteiger partial charge in [-0.15, -0.1) is 0 Å². The molecule has 0 spiro atoms. The monoisotopic (exact) mass is 364 g/mol. The van der Waals surface area contributed by atoms with Crippen LogP contribution in [0.25, 0.3) is 0 Å². The number of carbonyl (C=O) groups excluding carboxylic acids is 2. The maximum absolute atomic E-state index is 12.8. The molecule has 0 saturated heterocycles. The molecule has 0 radical (unpaired) electrons. The Morgan fingerprint density at radius 3 is 2.30 bits per heavy atom. The van der Waals surface area contributed by atoms with Gasteiger partial charge in [0.15, 0.2) is 0 Å². The fraction of sp³-hybridized carbons (Fsp3) is 0.391. The van der Waals surface area contributed by atoms with E-state index in [0.717, 1.165) is 28.1 Å². The van der Waals surface area contributed by atoms with Crippen LogP contribution in [0.4, 0.5) is 11.4 Å². The van der Waals surface area contributed by atoms with Crippen molar-refractivity contribution < 1.29 is 9.59 Å². The predicted molar refractivity (Wildman–Crippen MR) is 110 cm³/mol. The summed E-state index contributed by atoms with van der Waals surface area (Å²) in [5, 5.41) is 6.03. The van der Waals surface area contributed by atoms with Crippen molar-refractivity contribution in [3.05, 3.63) is 59.2 Å². The lowest BCUT2D eigenvalue weighted by Gasteiger charge is -2.25. The Balaban J connectivity index is 1.78. The summed E-state index contributed by atoms with van der Waals surface area (Å²) >= 11 is 0. The first kappa shape index (κ1) is 19.2. The van der Waals surface area contributed by atoms with E-state index in [1.807, 2.05) is 30.3 Å². The van der Waals surface area contributed by atoms with Crippen LogP contribution in [0.2, 0.25) is 0 Å². The lowest BCUT2D eigenvalue weighted by atomic mass is 9.89. The molecule has 0 fully saturated rings. The zero-order valence-electron chi connectivity index (χ0n) is 16.5. The van der Waals surface area contributed by atoms with E-state index in [2.05, 4.69) is 50.5 Å². The van der Waals surface area contributed by atoms with Crippen LogP contribution in [-0.2, 0) is 16.0 Å². The Hall–Kier alpha value is -2.62. The minimum absolute atomic E-state index is 0.0786. The van der Waals surface area contributed by atoms with Crippen molar-refractivity contribution in [2.75, 3.05) is 10.6 Å². The topological polar surface area (TPSA) is 58.2 Å². The first-order valence-electron chi connectivity index (χ1n) is 9.68. The molecule has 4 nitrogen and oxygen atoms in total. The van der Waals surface area contributed by atoms with Crippen LogP contribution in [0.15, 0.2) is 42.5 Å². The Morgan fingerprint density at radius 2 is 1.67 bits per heavy atom. The molecule has 0 saturated carbocycles. The number of anilines is 2. The second kappa shape index (κ2) is 7.95. The molecular weight excluding hydrogens is 336 g/mol. The molecule has 2 aromatic rings. The predicted octanol–water partition coefficient (Wildman–Crippen LogP) is 5.07. The number of para-hydroxylation sites is 2. The van der Waals surface area contributed by atoms with Crippen molar-refractivity contribution in [2.24, 2.45) is 5.92 Å². The molecule has 4 heteroatoms. The van der Waals surface area contributed by atoms with Crippen molar-refractivity contribution in [1.82, 2.24) is 0 Å². The van der Waals surface area contributed by atoms with Crippen LogP contribution in [0.5, 0.6) is 0 Å². The van der Waals surface area contributed by atoms with Crippen LogP contribution < -0.4 is 10.6 Å². The molecule has 2 aromatic carbocycles. The summed E-state index contributed by atoms with van der Waals surface area (Å²) in [6, 6.07) is 13.9. The van der Waals surface area contributed by atoms with Gasteiger partial charge in [0.05, 0.1) is 5.92 Å². The van der Waals surface area contributed by atoms with Crippen LogP contribution in [0, 0.1) is 5.92 Å². The summed E-state index contributed by atoms with van der Waals surface area (Å²) in [6.45, 7) is 8.50. The number of rotatable bonds is 5. The zero-order valence-corrected chi connectivity index (χ0v) is 16.5. The zero-order chi connectivity index (χ0) is 19.6. The third-order valence-electron chi connectivity index (χ3n) is 5.18. The Labute approximate surface area is 161 Å². The van der Waals surface area contributed by atoms with Gasteiger partial charge in [-0.25, -0.2) is 0 Å². The maximum Gasteiger partial charge on any atom is 0.228 e. The van der Waals surface area contributed by atoms with E-state index < -0.39 is 0 Å². The van der Waals surface area contributed by atoms with Gasteiger partial charge in [-0.1, -0.05) is 64.1 Å². The maximum atomic E-state index is 12.8. The van der Waals surface area contributed by atoms with E-state index in [4.69, 9.17) is 0 Å². The van der Waals surface area contributed by atoms with Gasteiger partial charge in [-0.3, -0.25) is 9.59 Å². The Bertz CT molecular complexity index is 829. The normalized spacial score (nSPS) is 16.2. The fourth-order valence-corrected chi connectivity index (χ4v) is 3.69. The van der Waals surface area contributed by atoms with Crippen molar-refractivity contribution >= 4 is 23.2 Å². The number of amides is 2. The van der Waals surface area contributed by atoms with E-state index in [9.17, 15) is 9.59 Å². The highest BCUT2D eigenvalue weighted by atomic mass is 16.2. The third-order valence-corrected chi connectivity index (χ3v) is 5.18. The number of carbonyl (C=O) groups is 2. The molecule has 0 aliphatic carbocycles. The summed E-state index contributed by atoms with van der Waals surface area (Å²) in [5.41, 5.74) is 5.11. The Kier molecular flexibility index (Phi) is 5.64. The van der Waals surface area contributed by atoms with E-state index in [1.54, 1.807) is 0 Å². The van der Waals surface area contributed by atoms with E-state index >= 15 is 0 Å². The van der Waals surface area contributed by atoms with Crippen molar-refractivity contribution in [1.29, 1.82) is 0 Å². The van der Waals surface area contributed by atoms with Crippen molar-refractivity contribution in [3.63, 3.8) is 0 Å². The lowest BCUT2D eigenvalue weighted by molar-refractivity contribution is -0.125. The summed E-state index contributed by atoms with van der Waals surface area (Å²) in [5.74, 6) is 0.0935. The van der Waals surface area contributed by atoms with Crippen LogP contribution in [0.1, 0.15) is 62.6 Å². The third kappa shape index (κ3) is 4.21. The van der Waals surface area contributed by atoms with Crippen molar-refractivity contribution in [3.8, 4) is 0 Å². The number of hydrogen-bond acceptors (Lipinski definition) is 2. The van der Waals surface area contributed by atoms with Gasteiger partial charge in [0.25, 0.3) is 0 Å². The molecule has 1 aliphatic rings. The van der Waals surface area contributed by atoms with Gasteiger partial charge >= 0.3 is 0 Å². The van der Waals surface area contributed by atoms with Gasteiger partial charge in [0, 0.05) is 17.8 Å². The molecule has 0 bridgehead atoms. The van der Waals surface area contributed by atoms with Gasteiger partial charge in [-0.05, 0) is 41.0 Å². The summed E-state index contributed by atoms with van der Waals surface area (Å²) < 4.78 is 0. The summed E-state index contributed by atoms with van der Waals surface area (Å²) in [4.78, 5) is 25.2. The molecule has 27 heavy (non-hydrogen) atoms. The molecule has 3 rings (SSSR count). The SMILES string of the molecule is CC(C)c1cccc(C(C)C)c1NC(=O)CC1Cc2ccccc2NC1=O. The lowest BCUT2D eigenvalue weighted by Crippen LogP contribution is -2.33. The fourth-order valence-electron chi connectivity index (χ4n) is 3.69. The summed E-state index contributed by atoms with van der Waals surface area (Å²) in [6.07, 6.45) is 0.780. The first-order chi connectivity index (χ1) is 12.9. The highest BCUT2D eigenvalue weighted by Gasteiger charge is 2.28. The number of fused-ring (bicyclic) bond motifs is 1. The van der Waals surface area contributed by atoms with Crippen molar-refractivity contribution in [2.45, 2.75) is 52.4 Å². The minimum atomic E-state index is -0.339. The number of nitrogens with one attached hydrogen (secondary N) is 2. The molecule has 0 aromatic heterocycles. The van der Waals surface area contributed by atoms with E-state index in [-0.39, 0.29) is 24.2 Å².